The van der Waals surface area contributed by atoms with Gasteiger partial charge in [-0.15, -0.1) is 0 Å². The van der Waals surface area contributed by atoms with Gasteiger partial charge in [0.1, 0.15) is 5.75 Å². The molecule has 1 rings (SSSR count). The van der Waals surface area contributed by atoms with Gasteiger partial charge in [0.05, 0.1) is 26.9 Å². The maximum atomic E-state index is 11.8. The van der Waals surface area contributed by atoms with E-state index in [2.05, 4.69) is 15.4 Å². The highest BCUT2D eigenvalue weighted by atomic mass is 16.5. The zero-order chi connectivity index (χ0) is 15.8. The lowest BCUT2D eigenvalue weighted by Crippen LogP contribution is -2.49. The van der Waals surface area contributed by atoms with Crippen molar-refractivity contribution in [3.63, 3.8) is 0 Å². The number of carbonyl (C=O) groups excluding carboxylic acids is 2. The van der Waals surface area contributed by atoms with Crippen LogP contribution in [0.1, 0.15) is 6.92 Å². The van der Waals surface area contributed by atoms with Crippen LogP contribution in [0.3, 0.4) is 0 Å². The van der Waals surface area contributed by atoms with E-state index >= 15 is 0 Å². The molecular weight excluding hydrogens is 276 g/mol. The second kappa shape index (κ2) is 8.11. The lowest BCUT2D eigenvalue weighted by atomic mass is 10.2. The van der Waals surface area contributed by atoms with Crippen molar-refractivity contribution in [1.29, 1.82) is 0 Å². The summed E-state index contributed by atoms with van der Waals surface area (Å²) < 4.78 is 9.59. The number of carbonyl (C=O) groups is 2. The number of amides is 1. The van der Waals surface area contributed by atoms with Crippen molar-refractivity contribution in [1.82, 2.24) is 5.32 Å². The van der Waals surface area contributed by atoms with Crippen LogP contribution in [-0.2, 0) is 14.3 Å². The Hall–Kier alpha value is -2.28. The van der Waals surface area contributed by atoms with Crippen LogP contribution in [0.5, 0.6) is 5.75 Å². The van der Waals surface area contributed by atoms with E-state index in [0.29, 0.717) is 11.4 Å². The summed E-state index contributed by atoms with van der Waals surface area (Å²) in [5.41, 5.74) is 0.705. The second-order valence-electron chi connectivity index (χ2n) is 4.39. The van der Waals surface area contributed by atoms with Gasteiger partial charge < -0.3 is 25.2 Å². The summed E-state index contributed by atoms with van der Waals surface area (Å²) in [5, 5.41) is 14.8. The molecule has 0 unspecified atom stereocenters. The Morgan fingerprint density at radius 3 is 2.62 bits per heavy atom. The number of anilines is 1. The number of hydrogen-bond acceptors (Lipinski definition) is 6. The third-order valence-electron chi connectivity index (χ3n) is 2.78. The molecule has 0 spiro atoms. The number of aliphatic hydroxyl groups excluding tert-OH is 1. The largest absolute Gasteiger partial charge is 0.497 e. The molecule has 0 aliphatic heterocycles. The zero-order valence-corrected chi connectivity index (χ0v) is 12.3. The number of methoxy groups -OCH3 is 2. The predicted molar refractivity (Wildman–Crippen MR) is 77.1 cm³/mol. The zero-order valence-electron chi connectivity index (χ0n) is 12.3. The number of ether oxygens (including phenoxy) is 2. The highest BCUT2D eigenvalue weighted by Crippen LogP contribution is 2.16. The summed E-state index contributed by atoms with van der Waals surface area (Å²) in [6, 6.07) is 6.00. The molecule has 0 aliphatic carbocycles. The molecule has 7 heteroatoms. The smallest absolute Gasteiger partial charge is 0.331 e. The van der Waals surface area contributed by atoms with E-state index in [4.69, 9.17) is 4.74 Å². The maximum absolute atomic E-state index is 11.8. The minimum atomic E-state index is -1.09. The molecule has 0 saturated carbocycles. The van der Waals surface area contributed by atoms with Gasteiger partial charge in [-0.2, -0.15) is 0 Å². The fourth-order valence-electron chi connectivity index (χ4n) is 1.64. The van der Waals surface area contributed by atoms with E-state index in [1.165, 1.54) is 14.0 Å². The van der Waals surface area contributed by atoms with Gasteiger partial charge >= 0.3 is 5.97 Å². The van der Waals surface area contributed by atoms with E-state index in [0.717, 1.165) is 0 Å². The first-order chi connectivity index (χ1) is 9.97. The van der Waals surface area contributed by atoms with Crippen molar-refractivity contribution >= 4 is 17.6 Å². The van der Waals surface area contributed by atoms with Gasteiger partial charge in [0.15, 0.2) is 6.04 Å². The third kappa shape index (κ3) is 5.31. The number of hydrogen-bond donors (Lipinski definition) is 3. The normalized spacial score (nSPS) is 13.0. The van der Waals surface area contributed by atoms with Gasteiger partial charge in [0, 0.05) is 11.8 Å². The van der Waals surface area contributed by atoms with Gasteiger partial charge in [-0.3, -0.25) is 4.79 Å². The van der Waals surface area contributed by atoms with Crippen LogP contribution in [0.2, 0.25) is 0 Å². The molecule has 3 N–H and O–H groups in total. The summed E-state index contributed by atoms with van der Waals surface area (Å²) in [6.45, 7) is 1.35. The average Bonchev–Trinajstić information content (AvgIpc) is 2.49. The summed E-state index contributed by atoms with van der Waals surface area (Å²) in [7, 11) is 2.74. The van der Waals surface area contributed by atoms with Gasteiger partial charge in [-0.1, -0.05) is 6.07 Å². The number of benzene rings is 1. The van der Waals surface area contributed by atoms with Gasteiger partial charge in [0.2, 0.25) is 5.91 Å². The first kappa shape index (κ1) is 16.8. The molecule has 0 saturated heterocycles. The molecule has 21 heavy (non-hydrogen) atoms. The fraction of sp³-hybridized carbons (Fsp3) is 0.429. The van der Waals surface area contributed by atoms with Gasteiger partial charge in [-0.05, 0) is 19.1 Å². The van der Waals surface area contributed by atoms with Crippen molar-refractivity contribution in [3.05, 3.63) is 24.3 Å². The van der Waals surface area contributed by atoms with Crippen LogP contribution in [0.4, 0.5) is 5.69 Å². The van der Waals surface area contributed by atoms with Crippen molar-refractivity contribution < 1.29 is 24.2 Å². The van der Waals surface area contributed by atoms with Crippen molar-refractivity contribution in [2.75, 3.05) is 26.1 Å². The van der Waals surface area contributed by atoms with E-state index in [1.54, 1.807) is 31.4 Å². The summed E-state index contributed by atoms with van der Waals surface area (Å²) in [6.07, 6.45) is -1.04. The Kier molecular flexibility index (Phi) is 6.48. The van der Waals surface area contributed by atoms with Crippen LogP contribution in [0, 0.1) is 0 Å². The van der Waals surface area contributed by atoms with Crippen molar-refractivity contribution in [2.45, 2.75) is 19.1 Å². The second-order valence-corrected chi connectivity index (χ2v) is 4.39. The van der Waals surface area contributed by atoms with E-state index < -0.39 is 24.0 Å². The van der Waals surface area contributed by atoms with Crippen molar-refractivity contribution in [3.8, 4) is 5.75 Å². The minimum Gasteiger partial charge on any atom is -0.497 e. The molecule has 0 bridgehead atoms. The number of aliphatic hydroxyl groups is 1. The average molecular weight is 296 g/mol. The van der Waals surface area contributed by atoms with Crippen LogP contribution in [-0.4, -0.2) is 49.9 Å². The molecule has 1 amide bonds. The Balaban J connectivity index is 2.54. The molecular formula is C14H20N2O5. The molecule has 0 aromatic heterocycles. The van der Waals surface area contributed by atoms with Crippen LogP contribution in [0.15, 0.2) is 24.3 Å². The van der Waals surface area contributed by atoms with Crippen LogP contribution < -0.4 is 15.4 Å². The van der Waals surface area contributed by atoms with E-state index in [9.17, 15) is 14.7 Å². The van der Waals surface area contributed by atoms with E-state index in [1.807, 2.05) is 0 Å². The maximum Gasteiger partial charge on any atom is 0.331 e. The van der Waals surface area contributed by atoms with Crippen LogP contribution >= 0.6 is 0 Å². The molecule has 1 aromatic rings. The molecule has 116 valence electrons. The predicted octanol–water partition coefficient (Wildman–Crippen LogP) is 0.146. The molecule has 0 heterocycles. The molecule has 0 fully saturated rings. The van der Waals surface area contributed by atoms with Gasteiger partial charge in [-0.25, -0.2) is 4.79 Å². The number of rotatable bonds is 7. The first-order valence-electron chi connectivity index (χ1n) is 6.41. The number of nitrogens with one attached hydrogen (secondary N) is 2. The standard InChI is InChI=1S/C14H20N2O5/c1-9(17)13(14(19)21-3)16-12(18)8-15-10-5-4-6-11(7-10)20-2/h4-7,9,13,15,17H,8H2,1-3H3,(H,16,18)/t9-,13+/m1/s1. The monoisotopic (exact) mass is 296 g/mol. The van der Waals surface area contributed by atoms with Crippen molar-refractivity contribution in [2.24, 2.45) is 0 Å². The first-order valence-corrected chi connectivity index (χ1v) is 6.41. The van der Waals surface area contributed by atoms with Crippen LogP contribution in [0.25, 0.3) is 0 Å². The highest BCUT2D eigenvalue weighted by molar-refractivity contribution is 5.87. The molecule has 2 atom stereocenters. The third-order valence-corrected chi connectivity index (χ3v) is 2.78. The quantitative estimate of drug-likeness (QED) is 0.620. The van der Waals surface area contributed by atoms with Gasteiger partial charge in [0.25, 0.3) is 0 Å². The van der Waals surface area contributed by atoms with E-state index in [-0.39, 0.29) is 6.54 Å². The lowest BCUT2D eigenvalue weighted by Gasteiger charge is -2.19. The summed E-state index contributed by atoms with van der Waals surface area (Å²) in [5.74, 6) is -0.467. The highest BCUT2D eigenvalue weighted by Gasteiger charge is 2.26. The fourth-order valence-corrected chi connectivity index (χ4v) is 1.64. The number of esters is 1. The Labute approximate surface area is 123 Å². The molecule has 1 aromatic carbocycles. The summed E-state index contributed by atoms with van der Waals surface area (Å²) in [4.78, 5) is 23.2. The Bertz CT molecular complexity index is 490. The minimum absolute atomic E-state index is 0.0482. The Morgan fingerprint density at radius 2 is 2.05 bits per heavy atom. The Morgan fingerprint density at radius 1 is 1.33 bits per heavy atom. The molecule has 0 aliphatic rings. The summed E-state index contributed by atoms with van der Waals surface area (Å²) >= 11 is 0. The SMILES string of the molecule is COC(=O)[C@@H](NC(=O)CNc1cccc(OC)c1)[C@@H](C)O. The molecule has 7 nitrogen and oxygen atoms in total. The molecule has 0 radical (unpaired) electrons. The topological polar surface area (TPSA) is 96.9 Å². The lowest BCUT2D eigenvalue weighted by molar-refractivity contribution is -0.147.